The molecule has 0 saturated carbocycles. The second kappa shape index (κ2) is 11.4. The van der Waals surface area contributed by atoms with Crippen LogP contribution in [0.25, 0.3) is 0 Å². The molecule has 9 heteroatoms. The van der Waals surface area contributed by atoms with Gasteiger partial charge in [0.2, 0.25) is 0 Å². The van der Waals surface area contributed by atoms with E-state index >= 15 is 0 Å². The number of ketones is 1. The summed E-state index contributed by atoms with van der Waals surface area (Å²) in [5.74, 6) is -1.37. The minimum Gasteiger partial charge on any atom is -0.507 e. The number of aromatic hydroxyl groups is 1. The van der Waals surface area contributed by atoms with Crippen molar-refractivity contribution in [3.8, 4) is 5.75 Å². The van der Waals surface area contributed by atoms with Crippen LogP contribution in [0.1, 0.15) is 68.5 Å². The molecule has 0 aliphatic rings. The summed E-state index contributed by atoms with van der Waals surface area (Å²) in [6.07, 6.45) is 0.920. The first kappa shape index (κ1) is 25.2. The molecule has 1 rings (SSSR count). The molecule has 0 aromatic carbocycles. The Hall–Kier alpha value is -2.81. The van der Waals surface area contributed by atoms with Crippen LogP contribution in [0.3, 0.4) is 0 Å². The molecule has 1 atom stereocenters. The Balaban J connectivity index is 2.96. The Kier molecular flexibility index (Phi) is 9.58. The normalized spacial score (nSPS) is 14.2. The molecule has 2 N–H and O–H groups in total. The maximum Gasteiger partial charge on any atom is 0.389 e. The molecule has 6 nitrogen and oxygen atoms in total. The Bertz CT molecular complexity index is 878. The van der Waals surface area contributed by atoms with Crippen LogP contribution in [0.15, 0.2) is 50.9 Å². The highest BCUT2D eigenvalue weighted by molar-refractivity contribution is 6.09. The van der Waals surface area contributed by atoms with Gasteiger partial charge in [-0.1, -0.05) is 24.6 Å². The SMILES string of the molecule is C/C(=C\C=C(/C)C(=O)c1c(O)cc(C(C)CC/C=C/OO)oc1=O)CCC(F)(F)F. The number of allylic oxidation sites excluding steroid dienone is 5. The van der Waals surface area contributed by atoms with Gasteiger partial charge in [-0.15, -0.1) is 0 Å². The third-order valence-corrected chi connectivity index (χ3v) is 4.36. The van der Waals surface area contributed by atoms with Gasteiger partial charge in [0.05, 0.1) is 0 Å². The van der Waals surface area contributed by atoms with E-state index in [0.717, 1.165) is 6.26 Å². The summed E-state index contributed by atoms with van der Waals surface area (Å²) in [6.45, 7) is 4.65. The lowest BCUT2D eigenvalue weighted by Gasteiger charge is -2.11. The molecule has 1 aromatic rings. The third-order valence-electron chi connectivity index (χ3n) is 4.36. The predicted molar refractivity (Wildman–Crippen MR) is 104 cm³/mol. The molecule has 0 radical (unpaired) electrons. The van der Waals surface area contributed by atoms with Gasteiger partial charge in [0.1, 0.15) is 23.3 Å². The molecule has 0 bridgehead atoms. The number of hydrogen-bond donors (Lipinski definition) is 2. The fourth-order valence-corrected chi connectivity index (χ4v) is 2.51. The molecule has 0 amide bonds. The lowest BCUT2D eigenvalue weighted by Crippen LogP contribution is -2.16. The first-order valence-electron chi connectivity index (χ1n) is 9.24. The van der Waals surface area contributed by atoms with E-state index < -0.39 is 35.3 Å². The standard InChI is InChI=1S/C21H25F3O6/c1-13(9-10-21(22,23)24)7-8-15(3)19(26)18-16(25)12-17(30-20(18)27)14(2)6-4-5-11-29-28/h5,7-8,11-12,14,25,28H,4,6,9-10H2,1-3H3/b11-5+,13-7+,15-8+. The van der Waals surface area contributed by atoms with Crippen molar-refractivity contribution in [2.75, 3.05) is 0 Å². The molecule has 1 aromatic heterocycles. The zero-order valence-corrected chi connectivity index (χ0v) is 17.0. The summed E-state index contributed by atoms with van der Waals surface area (Å²) in [5.41, 5.74) is -1.05. The molecular formula is C21H25F3O6. The highest BCUT2D eigenvalue weighted by Crippen LogP contribution is 2.26. The number of carbonyl (C=O) groups is 1. The first-order valence-corrected chi connectivity index (χ1v) is 9.24. The van der Waals surface area contributed by atoms with Gasteiger partial charge in [0.25, 0.3) is 0 Å². The third kappa shape index (κ3) is 8.28. The van der Waals surface area contributed by atoms with E-state index in [2.05, 4.69) is 4.89 Å². The van der Waals surface area contributed by atoms with Gasteiger partial charge in [-0.2, -0.15) is 13.2 Å². The van der Waals surface area contributed by atoms with Crippen molar-refractivity contribution in [1.29, 1.82) is 0 Å². The van der Waals surface area contributed by atoms with E-state index in [-0.39, 0.29) is 23.7 Å². The molecule has 0 saturated heterocycles. The van der Waals surface area contributed by atoms with Crippen LogP contribution in [0.2, 0.25) is 0 Å². The zero-order chi connectivity index (χ0) is 22.9. The second-order valence-electron chi connectivity index (χ2n) is 6.96. The summed E-state index contributed by atoms with van der Waals surface area (Å²) in [5, 5.41) is 18.4. The summed E-state index contributed by atoms with van der Waals surface area (Å²) >= 11 is 0. The minimum absolute atomic E-state index is 0.0684. The van der Waals surface area contributed by atoms with Gasteiger partial charge in [0.15, 0.2) is 5.78 Å². The van der Waals surface area contributed by atoms with Crippen LogP contribution >= 0.6 is 0 Å². The fraction of sp³-hybridized carbons (Fsp3) is 0.429. The Morgan fingerprint density at radius 1 is 1.30 bits per heavy atom. The highest BCUT2D eigenvalue weighted by Gasteiger charge is 2.26. The molecule has 0 fully saturated rings. The van der Waals surface area contributed by atoms with Crippen LogP contribution in [0, 0.1) is 0 Å². The van der Waals surface area contributed by atoms with Crippen molar-refractivity contribution in [2.24, 2.45) is 0 Å². The number of halogens is 3. The number of Topliss-reactive ketones (excluding diaryl/α,β-unsaturated/α-hetero) is 1. The highest BCUT2D eigenvalue weighted by atomic mass is 19.4. The van der Waals surface area contributed by atoms with Crippen molar-refractivity contribution in [2.45, 2.75) is 58.5 Å². The second-order valence-corrected chi connectivity index (χ2v) is 6.96. The van der Waals surface area contributed by atoms with Crippen LogP contribution in [0.5, 0.6) is 5.75 Å². The lowest BCUT2D eigenvalue weighted by molar-refractivity contribution is -0.186. The first-order chi connectivity index (χ1) is 14.0. The molecule has 0 aliphatic carbocycles. The fourth-order valence-electron chi connectivity index (χ4n) is 2.51. The van der Waals surface area contributed by atoms with Gasteiger partial charge >= 0.3 is 11.8 Å². The summed E-state index contributed by atoms with van der Waals surface area (Å²) in [6, 6.07) is 1.20. The smallest absolute Gasteiger partial charge is 0.389 e. The maximum atomic E-state index is 12.5. The van der Waals surface area contributed by atoms with Gasteiger partial charge in [0, 0.05) is 18.4 Å². The monoisotopic (exact) mass is 430 g/mol. The van der Waals surface area contributed by atoms with Crippen LogP contribution in [0.4, 0.5) is 13.2 Å². The molecule has 0 aliphatic heterocycles. The van der Waals surface area contributed by atoms with E-state index in [1.54, 1.807) is 13.0 Å². The largest absolute Gasteiger partial charge is 0.507 e. The number of rotatable bonds is 10. The average Bonchev–Trinajstić information content (AvgIpc) is 2.66. The number of carbonyl (C=O) groups excluding carboxylic acids is 1. The van der Waals surface area contributed by atoms with E-state index in [1.807, 2.05) is 0 Å². The Morgan fingerprint density at radius 3 is 2.53 bits per heavy atom. The van der Waals surface area contributed by atoms with Crippen molar-refractivity contribution < 1.29 is 37.6 Å². The lowest BCUT2D eigenvalue weighted by atomic mass is 9.99. The van der Waals surface area contributed by atoms with E-state index in [9.17, 15) is 27.9 Å². The van der Waals surface area contributed by atoms with Gasteiger partial charge in [-0.05, 0) is 44.8 Å². The molecule has 1 heterocycles. The van der Waals surface area contributed by atoms with Gasteiger partial charge < -0.3 is 14.4 Å². The van der Waals surface area contributed by atoms with E-state index in [4.69, 9.17) is 9.67 Å². The topological polar surface area (TPSA) is 97.0 Å². The van der Waals surface area contributed by atoms with Crippen molar-refractivity contribution in [3.05, 3.63) is 63.4 Å². The zero-order valence-electron chi connectivity index (χ0n) is 17.0. The Morgan fingerprint density at radius 2 is 1.97 bits per heavy atom. The predicted octanol–water partition coefficient (Wildman–Crippen LogP) is 5.65. The van der Waals surface area contributed by atoms with Crippen LogP contribution < -0.4 is 5.63 Å². The van der Waals surface area contributed by atoms with Crippen LogP contribution in [-0.2, 0) is 4.89 Å². The van der Waals surface area contributed by atoms with Crippen molar-refractivity contribution in [3.63, 3.8) is 0 Å². The molecule has 1 unspecified atom stereocenters. The van der Waals surface area contributed by atoms with Crippen molar-refractivity contribution in [1.82, 2.24) is 0 Å². The minimum atomic E-state index is -4.27. The quantitative estimate of drug-likeness (QED) is 0.124. The van der Waals surface area contributed by atoms with E-state index in [0.29, 0.717) is 18.4 Å². The summed E-state index contributed by atoms with van der Waals surface area (Å²) in [7, 11) is 0. The summed E-state index contributed by atoms with van der Waals surface area (Å²) in [4.78, 5) is 28.6. The van der Waals surface area contributed by atoms with Crippen molar-refractivity contribution >= 4 is 5.78 Å². The molecule has 0 spiro atoms. The molecule has 30 heavy (non-hydrogen) atoms. The van der Waals surface area contributed by atoms with E-state index in [1.165, 1.54) is 32.1 Å². The molecular weight excluding hydrogens is 405 g/mol. The van der Waals surface area contributed by atoms with Crippen LogP contribution in [-0.4, -0.2) is 22.3 Å². The number of alkyl halides is 3. The van der Waals surface area contributed by atoms with Gasteiger partial charge in [-0.25, -0.2) is 10.1 Å². The Labute approximate surface area is 171 Å². The van der Waals surface area contributed by atoms with Gasteiger partial charge in [-0.3, -0.25) is 4.79 Å². The summed E-state index contributed by atoms with van der Waals surface area (Å²) < 4.78 is 41.9. The molecule has 166 valence electrons. The average molecular weight is 430 g/mol. The maximum absolute atomic E-state index is 12.5. The number of hydrogen-bond acceptors (Lipinski definition) is 6.